The van der Waals surface area contributed by atoms with Crippen LogP contribution in [0.3, 0.4) is 0 Å². The second kappa shape index (κ2) is 7.44. The molecule has 0 radical (unpaired) electrons. The molecule has 3 aromatic carbocycles. The molecule has 2 amide bonds. The molecule has 0 bridgehead atoms. The lowest BCUT2D eigenvalue weighted by Crippen LogP contribution is -2.43. The van der Waals surface area contributed by atoms with E-state index in [-0.39, 0.29) is 12.4 Å². The summed E-state index contributed by atoms with van der Waals surface area (Å²) >= 11 is 0. The minimum absolute atomic E-state index is 0.232. The first-order valence-electron chi connectivity index (χ1n) is 7.58. The van der Waals surface area contributed by atoms with Crippen molar-refractivity contribution in [1.29, 1.82) is 0 Å². The Morgan fingerprint density at radius 2 is 1.68 bits per heavy atom. The van der Waals surface area contributed by atoms with Crippen LogP contribution >= 0.6 is 0 Å². The number of rotatable bonds is 4. The Bertz CT molecular complexity index is 927. The Labute approximate surface area is 143 Å². The van der Waals surface area contributed by atoms with Crippen LogP contribution in [0.15, 0.2) is 66.7 Å². The second-order valence-corrected chi connectivity index (χ2v) is 5.31. The topological polar surface area (TPSA) is 67.4 Å². The Balaban J connectivity index is 1.53. The third-order valence-electron chi connectivity index (χ3n) is 3.49. The summed E-state index contributed by atoms with van der Waals surface area (Å²) in [6, 6.07) is 18.3. The van der Waals surface area contributed by atoms with E-state index in [0.29, 0.717) is 5.56 Å². The number of nitrogens with one attached hydrogen (secondary N) is 2. The molecule has 3 aromatic rings. The van der Waals surface area contributed by atoms with Crippen LogP contribution in [-0.2, 0) is 4.79 Å². The molecule has 0 atom stereocenters. The van der Waals surface area contributed by atoms with Gasteiger partial charge in [0.2, 0.25) is 0 Å². The van der Waals surface area contributed by atoms with E-state index < -0.39 is 17.6 Å². The molecule has 3 rings (SSSR count). The lowest BCUT2D eigenvalue weighted by Gasteiger charge is -2.09. The van der Waals surface area contributed by atoms with Crippen molar-refractivity contribution in [3.8, 4) is 5.75 Å². The van der Waals surface area contributed by atoms with Gasteiger partial charge in [-0.25, -0.2) is 4.39 Å². The maximum Gasteiger partial charge on any atom is 0.276 e. The van der Waals surface area contributed by atoms with E-state index in [1.165, 1.54) is 24.3 Å². The van der Waals surface area contributed by atoms with Gasteiger partial charge in [0.05, 0.1) is 0 Å². The fourth-order valence-electron chi connectivity index (χ4n) is 2.27. The van der Waals surface area contributed by atoms with Crippen LogP contribution in [0.5, 0.6) is 5.75 Å². The SMILES string of the molecule is O=C(COc1cccc(F)c1)NNC(=O)c1ccc2ccccc2c1. The lowest BCUT2D eigenvalue weighted by atomic mass is 10.1. The van der Waals surface area contributed by atoms with Crippen molar-refractivity contribution >= 4 is 22.6 Å². The van der Waals surface area contributed by atoms with Gasteiger partial charge < -0.3 is 4.74 Å². The van der Waals surface area contributed by atoms with Crippen molar-refractivity contribution < 1.29 is 18.7 Å². The Hall–Kier alpha value is -3.41. The summed E-state index contributed by atoms with van der Waals surface area (Å²) in [6.07, 6.45) is 0. The number of hydrogen-bond donors (Lipinski definition) is 2. The van der Waals surface area contributed by atoms with Gasteiger partial charge in [-0.15, -0.1) is 0 Å². The Morgan fingerprint density at radius 1 is 0.880 bits per heavy atom. The van der Waals surface area contributed by atoms with E-state index in [1.807, 2.05) is 30.3 Å². The molecule has 0 aromatic heterocycles. The molecule has 0 aliphatic heterocycles. The average molecular weight is 338 g/mol. The monoisotopic (exact) mass is 338 g/mol. The highest BCUT2D eigenvalue weighted by Gasteiger charge is 2.09. The highest BCUT2D eigenvalue weighted by atomic mass is 19.1. The molecule has 25 heavy (non-hydrogen) atoms. The van der Waals surface area contributed by atoms with Crippen LogP contribution < -0.4 is 15.6 Å². The molecule has 5 nitrogen and oxygen atoms in total. The maximum absolute atomic E-state index is 13.0. The van der Waals surface area contributed by atoms with Crippen LogP contribution in [0.25, 0.3) is 10.8 Å². The molecule has 0 unspecified atom stereocenters. The third kappa shape index (κ3) is 4.32. The molecular formula is C19H15FN2O3. The number of hydrogen-bond acceptors (Lipinski definition) is 3. The van der Waals surface area contributed by atoms with E-state index in [9.17, 15) is 14.0 Å². The first-order chi connectivity index (χ1) is 12.1. The van der Waals surface area contributed by atoms with Gasteiger partial charge in [-0.1, -0.05) is 36.4 Å². The van der Waals surface area contributed by atoms with Gasteiger partial charge in [-0.3, -0.25) is 20.4 Å². The van der Waals surface area contributed by atoms with Crippen molar-refractivity contribution in [1.82, 2.24) is 10.9 Å². The van der Waals surface area contributed by atoms with Gasteiger partial charge >= 0.3 is 0 Å². The van der Waals surface area contributed by atoms with Crippen molar-refractivity contribution in [2.75, 3.05) is 6.61 Å². The Morgan fingerprint density at radius 3 is 2.48 bits per heavy atom. The Kier molecular flexibility index (Phi) is 4.89. The van der Waals surface area contributed by atoms with Gasteiger partial charge in [0.15, 0.2) is 6.61 Å². The summed E-state index contributed by atoms with van der Waals surface area (Å²) in [6.45, 7) is -0.346. The minimum atomic E-state index is -0.557. The number of fused-ring (bicyclic) bond motifs is 1. The third-order valence-corrected chi connectivity index (χ3v) is 3.49. The molecule has 0 spiro atoms. The zero-order valence-electron chi connectivity index (χ0n) is 13.2. The summed E-state index contributed by atoms with van der Waals surface area (Å²) in [5.41, 5.74) is 5.00. The van der Waals surface area contributed by atoms with Crippen molar-refractivity contribution in [2.45, 2.75) is 0 Å². The standard InChI is InChI=1S/C19H15FN2O3/c20-16-6-3-7-17(11-16)25-12-18(23)21-22-19(24)15-9-8-13-4-1-2-5-14(13)10-15/h1-11H,12H2,(H,21,23)(H,22,24). The molecule has 126 valence electrons. The molecule has 6 heteroatoms. The predicted molar refractivity (Wildman–Crippen MR) is 91.5 cm³/mol. The summed E-state index contributed by atoms with van der Waals surface area (Å²) in [5.74, 6) is -1.22. The van der Waals surface area contributed by atoms with E-state index >= 15 is 0 Å². The van der Waals surface area contributed by atoms with Gasteiger partial charge in [0.25, 0.3) is 11.8 Å². The summed E-state index contributed by atoms with van der Waals surface area (Å²) in [4.78, 5) is 23.8. The first kappa shape index (κ1) is 16.4. The van der Waals surface area contributed by atoms with E-state index in [2.05, 4.69) is 10.9 Å². The predicted octanol–water partition coefficient (Wildman–Crippen LogP) is 2.82. The van der Waals surface area contributed by atoms with E-state index in [0.717, 1.165) is 10.8 Å². The van der Waals surface area contributed by atoms with Crippen LogP contribution in [0.4, 0.5) is 4.39 Å². The number of benzene rings is 3. The van der Waals surface area contributed by atoms with Crippen molar-refractivity contribution in [3.63, 3.8) is 0 Å². The second-order valence-electron chi connectivity index (χ2n) is 5.31. The number of hydrazine groups is 1. The van der Waals surface area contributed by atoms with Crippen LogP contribution in [0.1, 0.15) is 10.4 Å². The van der Waals surface area contributed by atoms with Gasteiger partial charge in [-0.2, -0.15) is 0 Å². The van der Waals surface area contributed by atoms with Crippen molar-refractivity contribution in [3.05, 3.63) is 78.1 Å². The number of carbonyl (C=O) groups excluding carboxylic acids is 2. The number of halogens is 1. The molecule has 0 heterocycles. The molecule has 0 aliphatic carbocycles. The summed E-state index contributed by atoms with van der Waals surface area (Å²) < 4.78 is 18.1. The zero-order chi connectivity index (χ0) is 17.6. The maximum atomic E-state index is 13.0. The average Bonchev–Trinajstić information content (AvgIpc) is 2.64. The normalized spacial score (nSPS) is 10.3. The number of amides is 2. The molecule has 0 aliphatic rings. The van der Waals surface area contributed by atoms with Crippen LogP contribution in [0, 0.1) is 5.82 Å². The van der Waals surface area contributed by atoms with Gasteiger partial charge in [0, 0.05) is 11.6 Å². The number of carbonyl (C=O) groups is 2. The molecular weight excluding hydrogens is 323 g/mol. The van der Waals surface area contributed by atoms with Crippen LogP contribution in [-0.4, -0.2) is 18.4 Å². The van der Waals surface area contributed by atoms with E-state index in [4.69, 9.17) is 4.74 Å². The number of ether oxygens (including phenoxy) is 1. The lowest BCUT2D eigenvalue weighted by molar-refractivity contribution is -0.123. The zero-order valence-corrected chi connectivity index (χ0v) is 13.2. The molecule has 2 N–H and O–H groups in total. The minimum Gasteiger partial charge on any atom is -0.484 e. The molecule has 0 saturated heterocycles. The smallest absolute Gasteiger partial charge is 0.276 e. The van der Waals surface area contributed by atoms with Crippen LogP contribution in [0.2, 0.25) is 0 Å². The van der Waals surface area contributed by atoms with Gasteiger partial charge in [-0.05, 0) is 35.0 Å². The summed E-state index contributed by atoms with van der Waals surface area (Å²) in [7, 11) is 0. The summed E-state index contributed by atoms with van der Waals surface area (Å²) in [5, 5.41) is 1.95. The fourth-order valence-corrected chi connectivity index (χ4v) is 2.27. The van der Waals surface area contributed by atoms with Crippen molar-refractivity contribution in [2.24, 2.45) is 0 Å². The molecule has 0 fully saturated rings. The first-order valence-corrected chi connectivity index (χ1v) is 7.58. The highest BCUT2D eigenvalue weighted by Crippen LogP contribution is 2.15. The quantitative estimate of drug-likeness (QED) is 0.719. The van der Waals surface area contributed by atoms with E-state index in [1.54, 1.807) is 12.1 Å². The fraction of sp³-hybridized carbons (Fsp3) is 0.0526. The molecule has 0 saturated carbocycles. The highest BCUT2D eigenvalue weighted by molar-refractivity contribution is 5.99. The largest absolute Gasteiger partial charge is 0.484 e. The van der Waals surface area contributed by atoms with Gasteiger partial charge in [0.1, 0.15) is 11.6 Å².